The molecule has 0 aliphatic carbocycles. The Balaban J connectivity index is 1.97. The number of benzene rings is 2. The Bertz CT molecular complexity index is 1040. The predicted octanol–water partition coefficient (Wildman–Crippen LogP) is 3.98. The van der Waals surface area contributed by atoms with Gasteiger partial charge in [0.25, 0.3) is 5.91 Å². The fourth-order valence-electron chi connectivity index (χ4n) is 2.92. The van der Waals surface area contributed by atoms with Gasteiger partial charge in [0.1, 0.15) is 5.75 Å². The van der Waals surface area contributed by atoms with E-state index >= 15 is 0 Å². The summed E-state index contributed by atoms with van der Waals surface area (Å²) in [4.78, 5) is 29.5. The van der Waals surface area contributed by atoms with E-state index < -0.39 is 11.5 Å². The van der Waals surface area contributed by atoms with Crippen LogP contribution in [0.1, 0.15) is 31.1 Å². The summed E-state index contributed by atoms with van der Waals surface area (Å²) in [6.07, 6.45) is 0. The highest BCUT2D eigenvalue weighted by atomic mass is 16.5. The minimum absolute atomic E-state index is 0.330. The molecule has 0 saturated heterocycles. The van der Waals surface area contributed by atoms with E-state index in [-0.39, 0.29) is 12.5 Å². The van der Waals surface area contributed by atoms with E-state index in [0.717, 1.165) is 5.56 Å². The summed E-state index contributed by atoms with van der Waals surface area (Å²) < 4.78 is 10.6. The standard InChI is InChI=1S/C23H24N2O4/c1-23(2,3)25-21(26)14-29-22(27)18-13-20(15-8-6-5-7-9-15)24-19-11-10-16(28-4)12-17(18)19/h5-13H,14H2,1-4H3,(H,25,26). The predicted molar refractivity (Wildman–Crippen MR) is 112 cm³/mol. The largest absolute Gasteiger partial charge is 0.497 e. The number of ether oxygens (including phenoxy) is 2. The van der Waals surface area contributed by atoms with Gasteiger partial charge < -0.3 is 14.8 Å². The molecule has 29 heavy (non-hydrogen) atoms. The topological polar surface area (TPSA) is 77.5 Å². The number of amides is 1. The Kier molecular flexibility index (Phi) is 5.82. The smallest absolute Gasteiger partial charge is 0.339 e. The van der Waals surface area contributed by atoms with Crippen molar-refractivity contribution in [2.45, 2.75) is 26.3 Å². The van der Waals surface area contributed by atoms with Gasteiger partial charge in [0.2, 0.25) is 0 Å². The van der Waals surface area contributed by atoms with Crippen molar-refractivity contribution in [3.63, 3.8) is 0 Å². The number of methoxy groups -OCH3 is 1. The van der Waals surface area contributed by atoms with E-state index in [2.05, 4.69) is 10.3 Å². The first kappa shape index (κ1) is 20.3. The van der Waals surface area contributed by atoms with Crippen molar-refractivity contribution >= 4 is 22.8 Å². The molecular formula is C23H24N2O4. The Labute approximate surface area is 169 Å². The summed E-state index contributed by atoms with van der Waals surface area (Å²) >= 11 is 0. The minimum Gasteiger partial charge on any atom is -0.497 e. The number of nitrogens with zero attached hydrogens (tertiary/aromatic N) is 1. The minimum atomic E-state index is -0.591. The fraction of sp³-hybridized carbons (Fsp3) is 0.261. The molecule has 0 aliphatic rings. The van der Waals surface area contributed by atoms with Gasteiger partial charge >= 0.3 is 5.97 Å². The van der Waals surface area contributed by atoms with Gasteiger partial charge in [0.15, 0.2) is 6.61 Å². The Hall–Kier alpha value is -3.41. The number of aromatic nitrogens is 1. The van der Waals surface area contributed by atoms with Crippen LogP contribution in [0.3, 0.4) is 0 Å². The van der Waals surface area contributed by atoms with Gasteiger partial charge in [-0.15, -0.1) is 0 Å². The van der Waals surface area contributed by atoms with Crippen molar-refractivity contribution in [2.75, 3.05) is 13.7 Å². The molecule has 2 aromatic carbocycles. The average Bonchev–Trinajstić information content (AvgIpc) is 2.70. The lowest BCUT2D eigenvalue weighted by Crippen LogP contribution is -2.42. The molecule has 6 nitrogen and oxygen atoms in total. The SMILES string of the molecule is COc1ccc2nc(-c3ccccc3)cc(C(=O)OCC(=O)NC(C)(C)C)c2c1. The molecule has 1 N–H and O–H groups in total. The van der Waals surface area contributed by atoms with E-state index in [0.29, 0.717) is 27.9 Å². The lowest BCUT2D eigenvalue weighted by atomic mass is 10.0. The number of hydrogen-bond acceptors (Lipinski definition) is 5. The molecule has 3 rings (SSSR count). The normalized spacial score (nSPS) is 11.2. The number of fused-ring (bicyclic) bond motifs is 1. The van der Waals surface area contributed by atoms with Crippen LogP contribution in [0.2, 0.25) is 0 Å². The van der Waals surface area contributed by atoms with Crippen molar-refractivity contribution in [1.29, 1.82) is 0 Å². The molecular weight excluding hydrogens is 368 g/mol. The number of pyridine rings is 1. The molecule has 6 heteroatoms. The van der Waals surface area contributed by atoms with Crippen LogP contribution in [0, 0.1) is 0 Å². The van der Waals surface area contributed by atoms with E-state index in [4.69, 9.17) is 9.47 Å². The second-order valence-electron chi connectivity index (χ2n) is 7.68. The summed E-state index contributed by atoms with van der Waals surface area (Å²) in [5, 5.41) is 3.37. The van der Waals surface area contributed by atoms with Gasteiger partial charge in [0, 0.05) is 16.5 Å². The van der Waals surface area contributed by atoms with Gasteiger partial charge in [0.05, 0.1) is 23.9 Å². The molecule has 0 fully saturated rings. The third-order valence-corrected chi connectivity index (χ3v) is 4.15. The van der Waals surface area contributed by atoms with E-state index in [9.17, 15) is 9.59 Å². The van der Waals surface area contributed by atoms with Gasteiger partial charge in [-0.05, 0) is 45.0 Å². The molecule has 0 aliphatic heterocycles. The third kappa shape index (κ3) is 5.10. The highest BCUT2D eigenvalue weighted by Crippen LogP contribution is 2.28. The summed E-state index contributed by atoms with van der Waals surface area (Å²) in [6, 6.07) is 16.6. The van der Waals surface area contributed by atoms with Crippen LogP contribution >= 0.6 is 0 Å². The van der Waals surface area contributed by atoms with Crippen LogP contribution in [-0.2, 0) is 9.53 Å². The van der Waals surface area contributed by atoms with Crippen LogP contribution in [0.5, 0.6) is 5.75 Å². The quantitative estimate of drug-likeness (QED) is 0.665. The van der Waals surface area contributed by atoms with Gasteiger partial charge in [-0.1, -0.05) is 30.3 Å². The van der Waals surface area contributed by atoms with Crippen molar-refractivity contribution < 1.29 is 19.1 Å². The summed E-state index contributed by atoms with van der Waals surface area (Å²) in [6.45, 7) is 5.23. The Morgan fingerprint density at radius 3 is 2.41 bits per heavy atom. The van der Waals surface area contributed by atoms with Crippen LogP contribution in [0.25, 0.3) is 22.2 Å². The molecule has 0 unspecified atom stereocenters. The lowest BCUT2D eigenvalue weighted by Gasteiger charge is -2.20. The maximum absolute atomic E-state index is 12.8. The molecule has 1 amide bonds. The van der Waals surface area contributed by atoms with E-state index in [1.165, 1.54) is 0 Å². The summed E-state index contributed by atoms with van der Waals surface area (Å²) in [5.74, 6) is -0.344. The molecule has 150 valence electrons. The zero-order valence-corrected chi connectivity index (χ0v) is 17.0. The second-order valence-corrected chi connectivity index (χ2v) is 7.68. The first-order valence-electron chi connectivity index (χ1n) is 9.29. The van der Waals surface area contributed by atoms with Gasteiger partial charge in [-0.25, -0.2) is 9.78 Å². The first-order valence-corrected chi connectivity index (χ1v) is 9.29. The molecule has 3 aromatic rings. The molecule has 1 aromatic heterocycles. The first-order chi connectivity index (χ1) is 13.8. The molecule has 1 heterocycles. The van der Waals surface area contributed by atoms with Crippen LogP contribution in [0.15, 0.2) is 54.6 Å². The highest BCUT2D eigenvalue weighted by molar-refractivity contribution is 6.05. The van der Waals surface area contributed by atoms with Crippen LogP contribution in [0.4, 0.5) is 0 Å². The molecule has 0 saturated carbocycles. The number of rotatable bonds is 5. The molecule has 0 spiro atoms. The van der Waals surface area contributed by atoms with Gasteiger partial charge in [-0.2, -0.15) is 0 Å². The number of nitrogens with one attached hydrogen (secondary N) is 1. The fourth-order valence-corrected chi connectivity index (χ4v) is 2.92. The Morgan fingerprint density at radius 2 is 1.76 bits per heavy atom. The number of carbonyl (C=O) groups excluding carboxylic acids is 2. The molecule has 0 bridgehead atoms. The summed E-state index contributed by atoms with van der Waals surface area (Å²) in [5.41, 5.74) is 2.09. The lowest BCUT2D eigenvalue weighted by molar-refractivity contribution is -0.125. The van der Waals surface area contributed by atoms with Crippen molar-refractivity contribution in [3.8, 4) is 17.0 Å². The van der Waals surface area contributed by atoms with Crippen molar-refractivity contribution in [1.82, 2.24) is 10.3 Å². The maximum atomic E-state index is 12.8. The molecule has 0 atom stereocenters. The zero-order valence-electron chi connectivity index (χ0n) is 17.0. The Morgan fingerprint density at radius 1 is 1.03 bits per heavy atom. The van der Waals surface area contributed by atoms with E-state index in [1.54, 1.807) is 31.4 Å². The number of hydrogen-bond donors (Lipinski definition) is 1. The third-order valence-electron chi connectivity index (χ3n) is 4.15. The number of esters is 1. The summed E-state index contributed by atoms with van der Waals surface area (Å²) in [7, 11) is 1.56. The molecule has 0 radical (unpaired) electrons. The van der Waals surface area contributed by atoms with Crippen LogP contribution < -0.4 is 10.1 Å². The zero-order chi connectivity index (χ0) is 21.0. The highest BCUT2D eigenvalue weighted by Gasteiger charge is 2.19. The van der Waals surface area contributed by atoms with Crippen LogP contribution in [-0.4, -0.2) is 36.1 Å². The van der Waals surface area contributed by atoms with Crippen molar-refractivity contribution in [3.05, 3.63) is 60.2 Å². The maximum Gasteiger partial charge on any atom is 0.339 e. The van der Waals surface area contributed by atoms with E-state index in [1.807, 2.05) is 51.1 Å². The van der Waals surface area contributed by atoms with Crippen molar-refractivity contribution in [2.24, 2.45) is 0 Å². The second kappa shape index (κ2) is 8.31. The van der Waals surface area contributed by atoms with Gasteiger partial charge in [-0.3, -0.25) is 4.79 Å². The number of carbonyl (C=O) groups is 2. The average molecular weight is 392 g/mol. The monoisotopic (exact) mass is 392 g/mol.